The van der Waals surface area contributed by atoms with Gasteiger partial charge in [-0.05, 0) is 58.0 Å². The average molecular weight is 453 g/mol. The molecule has 3 N–H and O–H groups in total. The van der Waals surface area contributed by atoms with Gasteiger partial charge in [-0.25, -0.2) is 4.79 Å². The topological polar surface area (TPSA) is 102 Å². The van der Waals surface area contributed by atoms with Crippen LogP contribution in [0.2, 0.25) is 0 Å². The zero-order chi connectivity index (χ0) is 24.2. The fourth-order valence-electron chi connectivity index (χ4n) is 3.83. The SMILES string of the molecule is Cc1cccc(C(=O)Nc2cc(C(=O)O)ccc2N2CCN(CC(=O)NC(C)(C)C)CC2)c1. The molecule has 0 aliphatic carbocycles. The van der Waals surface area contributed by atoms with Gasteiger partial charge in [0, 0.05) is 37.3 Å². The minimum atomic E-state index is -1.05. The third kappa shape index (κ3) is 6.79. The summed E-state index contributed by atoms with van der Waals surface area (Å²) in [6.45, 7) is 10.8. The van der Waals surface area contributed by atoms with E-state index in [0.29, 0.717) is 44.0 Å². The highest BCUT2D eigenvalue weighted by molar-refractivity contribution is 6.06. The van der Waals surface area contributed by atoms with E-state index in [1.165, 1.54) is 6.07 Å². The van der Waals surface area contributed by atoms with Gasteiger partial charge in [-0.15, -0.1) is 0 Å². The second-order valence-electron chi connectivity index (χ2n) is 9.42. The van der Waals surface area contributed by atoms with E-state index >= 15 is 0 Å². The number of benzene rings is 2. The summed E-state index contributed by atoms with van der Waals surface area (Å²) in [6.07, 6.45) is 0. The predicted octanol–water partition coefficient (Wildman–Crippen LogP) is 2.98. The van der Waals surface area contributed by atoms with Crippen LogP contribution in [0.5, 0.6) is 0 Å². The van der Waals surface area contributed by atoms with Crippen LogP contribution in [0.3, 0.4) is 0 Å². The van der Waals surface area contributed by atoms with Gasteiger partial charge in [0.15, 0.2) is 0 Å². The van der Waals surface area contributed by atoms with Crippen molar-refractivity contribution in [1.82, 2.24) is 10.2 Å². The standard InChI is InChI=1S/C25H32N4O4/c1-17-6-5-7-18(14-17)23(31)26-20-15-19(24(32)33)8-9-21(20)29-12-10-28(11-13-29)16-22(30)27-25(2,3)4/h5-9,14-15H,10-13,16H2,1-4H3,(H,26,31)(H,27,30)(H,32,33). The van der Waals surface area contributed by atoms with Gasteiger partial charge in [0.2, 0.25) is 5.91 Å². The number of carboxylic acids is 1. The molecule has 2 amide bonds. The van der Waals surface area contributed by atoms with Gasteiger partial charge in [0.25, 0.3) is 5.91 Å². The molecule has 8 heteroatoms. The summed E-state index contributed by atoms with van der Waals surface area (Å²) in [4.78, 5) is 40.8. The first-order chi connectivity index (χ1) is 15.5. The molecular formula is C25H32N4O4. The highest BCUT2D eigenvalue weighted by Crippen LogP contribution is 2.29. The van der Waals surface area contributed by atoms with Gasteiger partial charge in [-0.3, -0.25) is 14.5 Å². The van der Waals surface area contributed by atoms with Crippen LogP contribution in [0.1, 0.15) is 47.1 Å². The highest BCUT2D eigenvalue weighted by Gasteiger charge is 2.23. The fourth-order valence-corrected chi connectivity index (χ4v) is 3.83. The van der Waals surface area contributed by atoms with Crippen LogP contribution in [-0.4, -0.2) is 66.1 Å². The van der Waals surface area contributed by atoms with Crippen molar-refractivity contribution in [3.8, 4) is 0 Å². The quantitative estimate of drug-likeness (QED) is 0.623. The number of nitrogens with one attached hydrogen (secondary N) is 2. The number of anilines is 2. The molecule has 0 saturated carbocycles. The van der Waals surface area contributed by atoms with Crippen LogP contribution in [0.15, 0.2) is 42.5 Å². The number of piperazine rings is 1. The van der Waals surface area contributed by atoms with Crippen molar-refractivity contribution in [2.24, 2.45) is 0 Å². The molecule has 0 aromatic heterocycles. The normalized spacial score (nSPS) is 14.6. The van der Waals surface area contributed by atoms with Crippen LogP contribution in [0.25, 0.3) is 0 Å². The molecule has 1 heterocycles. The third-order valence-electron chi connectivity index (χ3n) is 5.37. The molecule has 1 saturated heterocycles. The Bertz CT molecular complexity index is 1040. The number of hydrogen-bond acceptors (Lipinski definition) is 5. The number of amides is 2. The Morgan fingerprint density at radius 3 is 2.27 bits per heavy atom. The van der Waals surface area contributed by atoms with E-state index < -0.39 is 5.97 Å². The monoisotopic (exact) mass is 452 g/mol. The van der Waals surface area contributed by atoms with E-state index in [1.807, 2.05) is 39.8 Å². The predicted molar refractivity (Wildman–Crippen MR) is 129 cm³/mol. The van der Waals surface area contributed by atoms with E-state index in [4.69, 9.17) is 0 Å². The molecule has 176 valence electrons. The lowest BCUT2D eigenvalue weighted by atomic mass is 10.1. The Balaban J connectivity index is 1.73. The van der Waals surface area contributed by atoms with Crippen molar-refractivity contribution in [1.29, 1.82) is 0 Å². The molecule has 1 aliphatic rings. The number of carbonyl (C=O) groups is 3. The molecule has 1 fully saturated rings. The van der Waals surface area contributed by atoms with Gasteiger partial charge >= 0.3 is 5.97 Å². The van der Waals surface area contributed by atoms with Crippen LogP contribution in [0.4, 0.5) is 11.4 Å². The van der Waals surface area contributed by atoms with Crippen molar-refractivity contribution in [2.45, 2.75) is 33.2 Å². The zero-order valence-corrected chi connectivity index (χ0v) is 19.6. The van der Waals surface area contributed by atoms with E-state index in [1.54, 1.807) is 24.3 Å². The van der Waals surface area contributed by atoms with Gasteiger partial charge in [-0.1, -0.05) is 17.7 Å². The molecule has 3 rings (SSSR count). The second kappa shape index (κ2) is 10.0. The van der Waals surface area contributed by atoms with Crippen molar-refractivity contribution < 1.29 is 19.5 Å². The zero-order valence-electron chi connectivity index (χ0n) is 19.6. The first-order valence-corrected chi connectivity index (χ1v) is 11.1. The molecule has 0 bridgehead atoms. The lowest BCUT2D eigenvalue weighted by Crippen LogP contribution is -2.51. The number of rotatable bonds is 6. The van der Waals surface area contributed by atoms with Gasteiger partial charge in [-0.2, -0.15) is 0 Å². The highest BCUT2D eigenvalue weighted by atomic mass is 16.4. The fraction of sp³-hybridized carbons (Fsp3) is 0.400. The van der Waals surface area contributed by atoms with Crippen molar-refractivity contribution in [2.75, 3.05) is 42.9 Å². The summed E-state index contributed by atoms with van der Waals surface area (Å²) in [5.41, 5.74) is 2.54. The summed E-state index contributed by atoms with van der Waals surface area (Å²) >= 11 is 0. The van der Waals surface area contributed by atoms with Crippen LogP contribution >= 0.6 is 0 Å². The molecule has 33 heavy (non-hydrogen) atoms. The molecule has 8 nitrogen and oxygen atoms in total. The Kier molecular flexibility index (Phi) is 7.38. The summed E-state index contributed by atoms with van der Waals surface area (Å²) in [7, 11) is 0. The molecular weight excluding hydrogens is 420 g/mol. The Morgan fingerprint density at radius 1 is 0.970 bits per heavy atom. The lowest BCUT2D eigenvalue weighted by molar-refractivity contribution is -0.123. The summed E-state index contributed by atoms with van der Waals surface area (Å²) < 4.78 is 0. The molecule has 0 atom stereocenters. The smallest absolute Gasteiger partial charge is 0.335 e. The molecule has 0 radical (unpaired) electrons. The van der Waals surface area contributed by atoms with E-state index in [-0.39, 0.29) is 22.9 Å². The molecule has 0 unspecified atom stereocenters. The number of hydrogen-bond donors (Lipinski definition) is 3. The largest absolute Gasteiger partial charge is 0.478 e. The minimum Gasteiger partial charge on any atom is -0.478 e. The molecule has 2 aromatic rings. The average Bonchev–Trinajstić information content (AvgIpc) is 2.73. The van der Waals surface area contributed by atoms with Crippen LogP contribution in [0, 0.1) is 6.92 Å². The van der Waals surface area contributed by atoms with Crippen LogP contribution in [-0.2, 0) is 4.79 Å². The second-order valence-corrected chi connectivity index (χ2v) is 9.42. The molecule has 0 spiro atoms. The van der Waals surface area contributed by atoms with E-state index in [2.05, 4.69) is 20.4 Å². The maximum atomic E-state index is 12.8. The van der Waals surface area contributed by atoms with E-state index in [0.717, 1.165) is 11.3 Å². The Labute approximate surface area is 194 Å². The number of aryl methyl sites for hydroxylation is 1. The van der Waals surface area contributed by atoms with E-state index in [9.17, 15) is 19.5 Å². The number of carbonyl (C=O) groups excluding carboxylic acids is 2. The summed E-state index contributed by atoms with van der Waals surface area (Å²) in [6, 6.07) is 12.0. The van der Waals surface area contributed by atoms with Gasteiger partial charge in [0.1, 0.15) is 0 Å². The summed E-state index contributed by atoms with van der Waals surface area (Å²) in [5.74, 6) is -1.35. The number of carboxylic acid groups (broad SMARTS) is 1. The van der Waals surface area contributed by atoms with Crippen LogP contribution < -0.4 is 15.5 Å². The van der Waals surface area contributed by atoms with Crippen molar-refractivity contribution in [3.63, 3.8) is 0 Å². The lowest BCUT2D eigenvalue weighted by Gasteiger charge is -2.37. The van der Waals surface area contributed by atoms with Crippen molar-refractivity contribution >= 4 is 29.2 Å². The first kappa shape index (κ1) is 24.3. The number of aromatic carboxylic acids is 1. The van der Waals surface area contributed by atoms with Crippen molar-refractivity contribution in [3.05, 3.63) is 59.2 Å². The Hall–Kier alpha value is -3.39. The maximum Gasteiger partial charge on any atom is 0.335 e. The Morgan fingerprint density at radius 2 is 1.67 bits per heavy atom. The number of nitrogens with zero attached hydrogens (tertiary/aromatic N) is 2. The van der Waals surface area contributed by atoms with Gasteiger partial charge in [0.05, 0.1) is 23.5 Å². The summed E-state index contributed by atoms with van der Waals surface area (Å²) in [5, 5.41) is 15.3. The molecule has 1 aliphatic heterocycles. The molecule has 2 aromatic carbocycles. The minimum absolute atomic E-state index is 0.00660. The first-order valence-electron chi connectivity index (χ1n) is 11.1. The third-order valence-corrected chi connectivity index (χ3v) is 5.37. The maximum absolute atomic E-state index is 12.8. The van der Waals surface area contributed by atoms with Gasteiger partial charge < -0.3 is 20.6 Å².